The summed E-state index contributed by atoms with van der Waals surface area (Å²) in [5.41, 5.74) is 7.44. The van der Waals surface area contributed by atoms with Gasteiger partial charge in [-0.25, -0.2) is 0 Å². The number of rotatable bonds is 3. The number of fused-ring (bicyclic) bond motifs is 1. The number of nitrogens with two attached hydrogens (primary N) is 1. The van der Waals surface area contributed by atoms with Crippen LogP contribution < -0.4 is 10.5 Å². The third-order valence-corrected chi connectivity index (χ3v) is 2.91. The smallest absolute Gasteiger partial charge is 0.153 e. The fourth-order valence-electron chi connectivity index (χ4n) is 1.95. The molecule has 94 valence electrons. The molecule has 0 aliphatic carbocycles. The number of benzene rings is 1. The van der Waals surface area contributed by atoms with Crippen molar-refractivity contribution in [2.75, 3.05) is 0 Å². The molecule has 4 heteroatoms. The van der Waals surface area contributed by atoms with Crippen molar-refractivity contribution in [1.82, 2.24) is 9.97 Å². The van der Waals surface area contributed by atoms with Crippen molar-refractivity contribution in [3.05, 3.63) is 60.6 Å². The number of pyridine rings is 2. The molecular formula is C15H13N3O. The zero-order valence-corrected chi connectivity index (χ0v) is 10.3. The van der Waals surface area contributed by atoms with E-state index in [4.69, 9.17) is 10.5 Å². The highest BCUT2D eigenvalue weighted by Crippen LogP contribution is 2.29. The van der Waals surface area contributed by atoms with E-state index in [1.54, 1.807) is 18.6 Å². The molecule has 0 amide bonds. The lowest BCUT2D eigenvalue weighted by Gasteiger charge is -2.10. The molecule has 19 heavy (non-hydrogen) atoms. The van der Waals surface area contributed by atoms with Gasteiger partial charge in [-0.05, 0) is 18.2 Å². The SMILES string of the molecule is NCc1ccncc1Oc1cccc2cccnc12. The van der Waals surface area contributed by atoms with Crippen LogP contribution in [0.2, 0.25) is 0 Å². The summed E-state index contributed by atoms with van der Waals surface area (Å²) in [6, 6.07) is 11.6. The van der Waals surface area contributed by atoms with Crippen LogP contribution in [0.5, 0.6) is 11.5 Å². The second kappa shape index (κ2) is 5.04. The number of hydrogen-bond acceptors (Lipinski definition) is 4. The van der Waals surface area contributed by atoms with Gasteiger partial charge in [0.25, 0.3) is 0 Å². The first kappa shape index (κ1) is 11.6. The topological polar surface area (TPSA) is 61.0 Å². The van der Waals surface area contributed by atoms with Crippen LogP contribution in [0, 0.1) is 0 Å². The van der Waals surface area contributed by atoms with E-state index in [9.17, 15) is 0 Å². The lowest BCUT2D eigenvalue weighted by Crippen LogP contribution is -2.00. The van der Waals surface area contributed by atoms with Crippen molar-refractivity contribution >= 4 is 10.9 Å². The monoisotopic (exact) mass is 251 g/mol. The van der Waals surface area contributed by atoms with Gasteiger partial charge in [-0.3, -0.25) is 9.97 Å². The second-order valence-electron chi connectivity index (χ2n) is 4.12. The zero-order valence-electron chi connectivity index (χ0n) is 10.3. The molecule has 2 heterocycles. The van der Waals surface area contributed by atoms with E-state index >= 15 is 0 Å². The average molecular weight is 251 g/mol. The minimum absolute atomic E-state index is 0.413. The average Bonchev–Trinajstić information content (AvgIpc) is 2.48. The highest BCUT2D eigenvalue weighted by Gasteiger charge is 2.07. The van der Waals surface area contributed by atoms with Crippen LogP contribution in [-0.2, 0) is 6.54 Å². The van der Waals surface area contributed by atoms with Crippen molar-refractivity contribution in [1.29, 1.82) is 0 Å². The largest absolute Gasteiger partial charge is 0.453 e. The molecule has 0 saturated heterocycles. The maximum absolute atomic E-state index is 5.91. The predicted octanol–water partition coefficient (Wildman–Crippen LogP) is 2.88. The van der Waals surface area contributed by atoms with E-state index in [1.165, 1.54) is 0 Å². The van der Waals surface area contributed by atoms with E-state index < -0.39 is 0 Å². The van der Waals surface area contributed by atoms with E-state index in [-0.39, 0.29) is 0 Å². The van der Waals surface area contributed by atoms with Crippen molar-refractivity contribution in [2.45, 2.75) is 6.54 Å². The fraction of sp³-hybridized carbons (Fsp3) is 0.0667. The molecule has 0 radical (unpaired) electrons. The molecule has 0 aliphatic heterocycles. The summed E-state index contributed by atoms with van der Waals surface area (Å²) in [5, 5.41) is 1.04. The van der Waals surface area contributed by atoms with Gasteiger partial charge in [-0.2, -0.15) is 0 Å². The lowest BCUT2D eigenvalue weighted by atomic mass is 10.2. The summed E-state index contributed by atoms with van der Waals surface area (Å²) in [7, 11) is 0. The van der Waals surface area contributed by atoms with Crippen LogP contribution in [-0.4, -0.2) is 9.97 Å². The standard InChI is InChI=1S/C15H13N3O/c16-9-12-6-8-17-10-14(12)19-13-5-1-3-11-4-2-7-18-15(11)13/h1-8,10H,9,16H2. The first-order valence-corrected chi connectivity index (χ1v) is 6.03. The highest BCUT2D eigenvalue weighted by atomic mass is 16.5. The summed E-state index contributed by atoms with van der Waals surface area (Å²) in [4.78, 5) is 8.42. The van der Waals surface area contributed by atoms with Gasteiger partial charge in [-0.1, -0.05) is 18.2 Å². The molecule has 3 aromatic rings. The Labute approximate surface area is 110 Å². The number of para-hydroxylation sites is 1. The number of nitrogens with zero attached hydrogens (tertiary/aromatic N) is 2. The van der Waals surface area contributed by atoms with Crippen molar-refractivity contribution in [3.8, 4) is 11.5 Å². The Hall–Kier alpha value is -2.46. The van der Waals surface area contributed by atoms with Crippen LogP contribution >= 0.6 is 0 Å². The van der Waals surface area contributed by atoms with Crippen LogP contribution in [0.4, 0.5) is 0 Å². The molecule has 1 aromatic carbocycles. The molecule has 3 rings (SSSR count). The van der Waals surface area contributed by atoms with Gasteiger partial charge in [0.2, 0.25) is 0 Å². The quantitative estimate of drug-likeness (QED) is 0.777. The Morgan fingerprint density at radius 2 is 1.89 bits per heavy atom. The normalized spacial score (nSPS) is 10.6. The number of hydrogen-bond donors (Lipinski definition) is 1. The van der Waals surface area contributed by atoms with E-state index in [0.717, 1.165) is 16.5 Å². The molecular weight excluding hydrogens is 238 g/mol. The minimum atomic E-state index is 0.413. The molecule has 2 aromatic heterocycles. The third-order valence-electron chi connectivity index (χ3n) is 2.91. The molecule has 4 nitrogen and oxygen atoms in total. The van der Waals surface area contributed by atoms with Gasteiger partial charge in [-0.15, -0.1) is 0 Å². The Morgan fingerprint density at radius 3 is 2.79 bits per heavy atom. The predicted molar refractivity (Wildman–Crippen MR) is 73.9 cm³/mol. The summed E-state index contributed by atoms with van der Waals surface area (Å²) in [5.74, 6) is 1.38. The summed E-state index contributed by atoms with van der Waals surface area (Å²) in [6.07, 6.45) is 5.13. The van der Waals surface area contributed by atoms with Crippen molar-refractivity contribution in [2.24, 2.45) is 5.73 Å². The lowest BCUT2D eigenvalue weighted by molar-refractivity contribution is 0.478. The molecule has 0 unspecified atom stereocenters. The van der Waals surface area contributed by atoms with Crippen LogP contribution in [0.1, 0.15) is 5.56 Å². The molecule has 2 N–H and O–H groups in total. The van der Waals surface area contributed by atoms with E-state index in [0.29, 0.717) is 18.0 Å². The molecule has 0 bridgehead atoms. The van der Waals surface area contributed by atoms with Gasteiger partial charge in [0.1, 0.15) is 11.3 Å². The van der Waals surface area contributed by atoms with E-state index in [2.05, 4.69) is 9.97 Å². The maximum Gasteiger partial charge on any atom is 0.153 e. The number of ether oxygens (including phenoxy) is 1. The molecule has 0 saturated carbocycles. The Bertz CT molecular complexity index is 707. The van der Waals surface area contributed by atoms with Crippen molar-refractivity contribution in [3.63, 3.8) is 0 Å². The van der Waals surface area contributed by atoms with Gasteiger partial charge in [0.15, 0.2) is 5.75 Å². The second-order valence-corrected chi connectivity index (χ2v) is 4.12. The number of aromatic nitrogens is 2. The molecule has 0 atom stereocenters. The summed E-state index contributed by atoms with van der Waals surface area (Å²) >= 11 is 0. The Morgan fingerprint density at radius 1 is 1.00 bits per heavy atom. The first-order valence-electron chi connectivity index (χ1n) is 6.03. The summed E-state index contributed by atoms with van der Waals surface area (Å²) in [6.45, 7) is 0.413. The van der Waals surface area contributed by atoms with Crippen LogP contribution in [0.3, 0.4) is 0 Å². The fourth-order valence-corrected chi connectivity index (χ4v) is 1.95. The van der Waals surface area contributed by atoms with Gasteiger partial charge < -0.3 is 10.5 Å². The van der Waals surface area contributed by atoms with Crippen LogP contribution in [0.15, 0.2) is 55.0 Å². The van der Waals surface area contributed by atoms with E-state index in [1.807, 2.05) is 36.4 Å². The Kier molecular flexibility index (Phi) is 3.08. The van der Waals surface area contributed by atoms with Gasteiger partial charge in [0, 0.05) is 29.9 Å². The summed E-state index contributed by atoms with van der Waals surface area (Å²) < 4.78 is 5.91. The van der Waals surface area contributed by atoms with Gasteiger partial charge in [0.05, 0.1) is 6.20 Å². The zero-order chi connectivity index (χ0) is 13.1. The minimum Gasteiger partial charge on any atom is -0.453 e. The third kappa shape index (κ3) is 2.26. The molecule has 0 spiro atoms. The Balaban J connectivity index is 2.06. The van der Waals surface area contributed by atoms with Crippen molar-refractivity contribution < 1.29 is 4.74 Å². The molecule has 0 fully saturated rings. The maximum atomic E-state index is 5.91. The van der Waals surface area contributed by atoms with Crippen LogP contribution in [0.25, 0.3) is 10.9 Å². The van der Waals surface area contributed by atoms with Gasteiger partial charge >= 0.3 is 0 Å². The first-order chi connectivity index (χ1) is 9.38. The molecule has 0 aliphatic rings. The highest BCUT2D eigenvalue weighted by molar-refractivity contribution is 5.84.